The average Bonchev–Trinajstić information content (AvgIpc) is 2.86. The highest BCUT2D eigenvalue weighted by Crippen LogP contribution is 2.60. The van der Waals surface area contributed by atoms with Crippen molar-refractivity contribution in [1.29, 1.82) is 0 Å². The lowest BCUT2D eigenvalue weighted by atomic mass is 9.49. The molecule has 0 aromatic carbocycles. The van der Waals surface area contributed by atoms with Gasteiger partial charge in [-0.1, -0.05) is 0 Å². The molecular formula is C17H23N3. The van der Waals surface area contributed by atoms with Crippen molar-refractivity contribution in [3.63, 3.8) is 0 Å². The predicted molar refractivity (Wildman–Crippen MR) is 78.3 cm³/mol. The van der Waals surface area contributed by atoms with Gasteiger partial charge in [0.2, 0.25) is 0 Å². The number of hydrogen-bond donors (Lipinski definition) is 1. The molecule has 2 N–H and O–H groups in total. The third-order valence-electron chi connectivity index (χ3n) is 6.48. The van der Waals surface area contributed by atoms with Crippen LogP contribution in [0.4, 0.5) is 5.82 Å². The fourth-order valence-corrected chi connectivity index (χ4v) is 6.08. The summed E-state index contributed by atoms with van der Waals surface area (Å²) in [5, 5.41) is 0. The van der Waals surface area contributed by atoms with Crippen LogP contribution in [0.2, 0.25) is 0 Å². The molecule has 0 atom stereocenters. The molecule has 3 heteroatoms. The second kappa shape index (κ2) is 3.75. The summed E-state index contributed by atoms with van der Waals surface area (Å²) in [4.78, 5) is 9.81. The van der Waals surface area contributed by atoms with Crippen LogP contribution in [-0.4, -0.2) is 9.97 Å². The molecule has 0 unspecified atom stereocenters. The van der Waals surface area contributed by atoms with Crippen LogP contribution >= 0.6 is 0 Å². The zero-order valence-corrected chi connectivity index (χ0v) is 12.1. The number of nitrogen functional groups attached to an aromatic ring is 1. The summed E-state index contributed by atoms with van der Waals surface area (Å²) < 4.78 is 0. The number of nitrogens with zero attached hydrogens (tertiary/aromatic N) is 2. The van der Waals surface area contributed by atoms with Gasteiger partial charge in [-0.15, -0.1) is 0 Å². The molecule has 5 aliphatic carbocycles. The van der Waals surface area contributed by atoms with Crippen molar-refractivity contribution >= 4 is 5.82 Å². The van der Waals surface area contributed by atoms with Crippen molar-refractivity contribution < 1.29 is 0 Å². The van der Waals surface area contributed by atoms with Gasteiger partial charge in [0, 0.05) is 16.7 Å². The summed E-state index contributed by atoms with van der Waals surface area (Å²) in [5.74, 6) is 4.74. The smallest absolute Gasteiger partial charge is 0.137 e. The molecule has 4 fully saturated rings. The van der Waals surface area contributed by atoms with Gasteiger partial charge in [0.25, 0.3) is 0 Å². The Bertz CT molecular complexity index is 543. The number of hydrogen-bond acceptors (Lipinski definition) is 3. The van der Waals surface area contributed by atoms with E-state index in [0.717, 1.165) is 42.2 Å². The topological polar surface area (TPSA) is 51.8 Å². The first kappa shape index (κ1) is 11.5. The van der Waals surface area contributed by atoms with Crippen LogP contribution in [0.15, 0.2) is 0 Å². The van der Waals surface area contributed by atoms with Crippen LogP contribution in [0.3, 0.4) is 0 Å². The Balaban J connectivity index is 1.61. The second-order valence-corrected chi connectivity index (χ2v) is 7.91. The van der Waals surface area contributed by atoms with Gasteiger partial charge in [-0.3, -0.25) is 0 Å². The van der Waals surface area contributed by atoms with Crippen molar-refractivity contribution in [2.45, 2.75) is 63.2 Å². The molecule has 1 heterocycles. The summed E-state index contributed by atoms with van der Waals surface area (Å²) in [5.41, 5.74) is 9.05. The summed E-state index contributed by atoms with van der Waals surface area (Å²) in [6, 6.07) is 0. The van der Waals surface area contributed by atoms with Crippen molar-refractivity contribution in [3.8, 4) is 0 Å². The van der Waals surface area contributed by atoms with Gasteiger partial charge in [-0.05, 0) is 75.5 Å². The molecule has 20 heavy (non-hydrogen) atoms. The van der Waals surface area contributed by atoms with Gasteiger partial charge in [0.1, 0.15) is 11.6 Å². The van der Waals surface area contributed by atoms with Crippen molar-refractivity contribution in [3.05, 3.63) is 17.1 Å². The van der Waals surface area contributed by atoms with Crippen LogP contribution < -0.4 is 5.73 Å². The lowest BCUT2D eigenvalue weighted by Crippen LogP contribution is -2.49. The summed E-state index contributed by atoms with van der Waals surface area (Å²) in [6.45, 7) is 0. The molecule has 0 radical (unpaired) electrons. The van der Waals surface area contributed by atoms with Crippen molar-refractivity contribution in [1.82, 2.24) is 9.97 Å². The highest BCUT2D eigenvalue weighted by Gasteiger charge is 2.53. The zero-order chi connectivity index (χ0) is 13.3. The Kier molecular flexibility index (Phi) is 2.16. The maximum Gasteiger partial charge on any atom is 0.137 e. The molecule has 0 amide bonds. The first-order valence-corrected chi connectivity index (χ1v) is 8.38. The average molecular weight is 269 g/mol. The standard InChI is InChI=1S/C17H23N3/c18-15-13-2-1-3-14(13)19-16(20-15)17-7-10-4-11(8-17)6-12(5-10)9-17/h10-12H,1-9H2,(H2,18,19,20). The quantitative estimate of drug-likeness (QED) is 0.852. The third-order valence-corrected chi connectivity index (χ3v) is 6.48. The molecule has 5 aliphatic rings. The van der Waals surface area contributed by atoms with E-state index in [0.29, 0.717) is 5.41 Å². The molecule has 0 saturated heterocycles. The van der Waals surface area contributed by atoms with Crippen LogP contribution in [-0.2, 0) is 18.3 Å². The van der Waals surface area contributed by atoms with Crippen molar-refractivity contribution in [2.24, 2.45) is 17.8 Å². The van der Waals surface area contributed by atoms with Crippen LogP contribution in [0.5, 0.6) is 0 Å². The fourth-order valence-electron chi connectivity index (χ4n) is 6.08. The molecule has 0 aliphatic heterocycles. The van der Waals surface area contributed by atoms with E-state index in [1.165, 1.54) is 56.2 Å². The van der Waals surface area contributed by atoms with Gasteiger partial charge in [-0.2, -0.15) is 0 Å². The highest BCUT2D eigenvalue weighted by atomic mass is 15.0. The van der Waals surface area contributed by atoms with Crippen LogP contribution in [0, 0.1) is 17.8 Å². The Hall–Kier alpha value is -1.12. The molecule has 6 rings (SSSR count). The number of aromatic nitrogens is 2. The minimum atomic E-state index is 0.292. The van der Waals surface area contributed by atoms with E-state index in [-0.39, 0.29) is 0 Å². The minimum absolute atomic E-state index is 0.292. The molecule has 3 nitrogen and oxygen atoms in total. The number of rotatable bonds is 1. The predicted octanol–water partition coefficient (Wildman–Crippen LogP) is 3.02. The van der Waals surface area contributed by atoms with Gasteiger partial charge in [0.05, 0.1) is 0 Å². The monoisotopic (exact) mass is 269 g/mol. The lowest BCUT2D eigenvalue weighted by molar-refractivity contribution is -0.00941. The maximum atomic E-state index is 6.24. The number of fused-ring (bicyclic) bond motifs is 1. The molecular weight excluding hydrogens is 246 g/mol. The first-order chi connectivity index (χ1) is 9.72. The van der Waals surface area contributed by atoms with E-state index in [4.69, 9.17) is 15.7 Å². The third kappa shape index (κ3) is 1.47. The van der Waals surface area contributed by atoms with Crippen LogP contribution in [0.25, 0.3) is 0 Å². The molecule has 4 saturated carbocycles. The largest absolute Gasteiger partial charge is 0.383 e. The van der Waals surface area contributed by atoms with E-state index < -0.39 is 0 Å². The van der Waals surface area contributed by atoms with E-state index in [9.17, 15) is 0 Å². The second-order valence-electron chi connectivity index (χ2n) is 7.91. The lowest BCUT2D eigenvalue weighted by Gasteiger charge is -2.56. The number of aryl methyl sites for hydroxylation is 1. The van der Waals surface area contributed by atoms with Gasteiger partial charge < -0.3 is 5.73 Å². The van der Waals surface area contributed by atoms with Gasteiger partial charge >= 0.3 is 0 Å². The summed E-state index contributed by atoms with van der Waals surface area (Å²) in [7, 11) is 0. The molecule has 1 aromatic rings. The minimum Gasteiger partial charge on any atom is -0.383 e. The Morgan fingerprint density at radius 1 is 0.900 bits per heavy atom. The molecule has 0 spiro atoms. The Morgan fingerprint density at radius 3 is 2.20 bits per heavy atom. The van der Waals surface area contributed by atoms with Crippen LogP contribution in [0.1, 0.15) is 62.0 Å². The molecule has 4 bridgehead atoms. The summed E-state index contributed by atoms with van der Waals surface area (Å²) in [6.07, 6.45) is 11.8. The number of anilines is 1. The van der Waals surface area contributed by atoms with E-state index in [1.54, 1.807) is 0 Å². The normalized spacial score (nSPS) is 41.1. The van der Waals surface area contributed by atoms with E-state index in [2.05, 4.69) is 0 Å². The zero-order valence-electron chi connectivity index (χ0n) is 12.1. The van der Waals surface area contributed by atoms with E-state index in [1.807, 2.05) is 0 Å². The first-order valence-electron chi connectivity index (χ1n) is 8.38. The van der Waals surface area contributed by atoms with Gasteiger partial charge in [-0.25, -0.2) is 9.97 Å². The Morgan fingerprint density at radius 2 is 1.55 bits per heavy atom. The molecule has 1 aromatic heterocycles. The maximum absolute atomic E-state index is 6.24. The van der Waals surface area contributed by atoms with Crippen molar-refractivity contribution in [2.75, 3.05) is 5.73 Å². The highest BCUT2D eigenvalue weighted by molar-refractivity contribution is 5.45. The molecule has 106 valence electrons. The van der Waals surface area contributed by atoms with Gasteiger partial charge in [0.15, 0.2) is 0 Å². The van der Waals surface area contributed by atoms with E-state index >= 15 is 0 Å². The summed E-state index contributed by atoms with van der Waals surface area (Å²) >= 11 is 0. The SMILES string of the molecule is Nc1nc(C23CC4CC(CC(C4)C2)C3)nc2c1CCC2. The number of nitrogens with two attached hydrogens (primary N) is 1. The Labute approximate surface area is 120 Å². The fraction of sp³-hybridized carbons (Fsp3) is 0.765.